The van der Waals surface area contributed by atoms with Gasteiger partial charge in [0.05, 0.1) is 13.2 Å². The molecule has 21 heavy (non-hydrogen) atoms. The zero-order chi connectivity index (χ0) is 14.5. The van der Waals surface area contributed by atoms with Crippen molar-refractivity contribution in [1.29, 1.82) is 0 Å². The Bertz CT molecular complexity index is 454. The monoisotopic (exact) mass is 289 g/mol. The van der Waals surface area contributed by atoms with E-state index >= 15 is 0 Å². The molecular weight excluding hydrogens is 262 g/mol. The summed E-state index contributed by atoms with van der Waals surface area (Å²) in [7, 11) is 0. The van der Waals surface area contributed by atoms with Crippen LogP contribution in [0, 0.1) is 5.41 Å². The minimum absolute atomic E-state index is 0.277. The Morgan fingerprint density at radius 2 is 2.24 bits per heavy atom. The van der Waals surface area contributed by atoms with Crippen molar-refractivity contribution in [2.75, 3.05) is 32.9 Å². The van der Waals surface area contributed by atoms with Gasteiger partial charge in [-0.05, 0) is 38.3 Å². The molecule has 116 valence electrons. The lowest BCUT2D eigenvalue weighted by Crippen LogP contribution is -2.42. The Labute approximate surface area is 128 Å². The maximum absolute atomic E-state index is 5.86. The van der Waals surface area contributed by atoms with Gasteiger partial charge in [0.1, 0.15) is 5.75 Å². The molecule has 2 aliphatic heterocycles. The summed E-state index contributed by atoms with van der Waals surface area (Å²) in [6.07, 6.45) is 4.80. The predicted molar refractivity (Wildman–Crippen MR) is 84.9 cm³/mol. The molecule has 2 heterocycles. The van der Waals surface area contributed by atoms with E-state index < -0.39 is 0 Å². The second kappa shape index (κ2) is 6.80. The van der Waals surface area contributed by atoms with Crippen molar-refractivity contribution in [3.63, 3.8) is 0 Å². The number of hydrogen-bond acceptors (Lipinski definition) is 3. The van der Waals surface area contributed by atoms with Crippen molar-refractivity contribution < 1.29 is 9.47 Å². The van der Waals surface area contributed by atoms with Gasteiger partial charge in [0.25, 0.3) is 0 Å². The van der Waals surface area contributed by atoms with E-state index in [0.717, 1.165) is 38.7 Å². The molecule has 3 nitrogen and oxygen atoms in total. The maximum Gasteiger partial charge on any atom is 0.122 e. The second-order valence-electron chi connectivity index (χ2n) is 6.58. The Kier molecular flexibility index (Phi) is 4.81. The Balaban J connectivity index is 1.70. The average Bonchev–Trinajstić information content (AvgIpc) is 2.92. The normalized spacial score (nSPS) is 28.1. The third-order valence-electron chi connectivity index (χ3n) is 4.81. The molecule has 0 bridgehead atoms. The Morgan fingerprint density at radius 1 is 1.33 bits per heavy atom. The maximum atomic E-state index is 5.86. The van der Waals surface area contributed by atoms with Gasteiger partial charge in [-0.25, -0.2) is 0 Å². The van der Waals surface area contributed by atoms with Gasteiger partial charge in [-0.2, -0.15) is 0 Å². The highest BCUT2D eigenvalue weighted by Gasteiger charge is 2.38. The average molecular weight is 289 g/mol. The van der Waals surface area contributed by atoms with Crippen LogP contribution in [0.25, 0.3) is 0 Å². The van der Waals surface area contributed by atoms with Gasteiger partial charge in [0.15, 0.2) is 0 Å². The quantitative estimate of drug-likeness (QED) is 0.815. The van der Waals surface area contributed by atoms with Crippen LogP contribution in [-0.2, 0) is 4.74 Å². The van der Waals surface area contributed by atoms with E-state index in [0.29, 0.717) is 5.92 Å². The van der Waals surface area contributed by atoms with Crippen LogP contribution in [0.3, 0.4) is 0 Å². The van der Waals surface area contributed by atoms with Crippen LogP contribution in [0.2, 0.25) is 0 Å². The number of nitrogens with one attached hydrogen (secondary N) is 1. The third-order valence-corrected chi connectivity index (χ3v) is 4.81. The molecule has 3 heteroatoms. The number of para-hydroxylation sites is 1. The first kappa shape index (κ1) is 14.9. The fraction of sp³-hybridized carbons (Fsp3) is 0.667. The van der Waals surface area contributed by atoms with Gasteiger partial charge in [0.2, 0.25) is 0 Å². The van der Waals surface area contributed by atoms with Crippen molar-refractivity contribution >= 4 is 0 Å². The molecule has 2 unspecified atom stereocenters. The smallest absolute Gasteiger partial charge is 0.122 e. The van der Waals surface area contributed by atoms with Gasteiger partial charge >= 0.3 is 0 Å². The van der Waals surface area contributed by atoms with Crippen molar-refractivity contribution in [3.05, 3.63) is 29.8 Å². The predicted octanol–water partition coefficient (Wildman–Crippen LogP) is 3.35. The van der Waals surface area contributed by atoms with E-state index in [2.05, 4.69) is 36.5 Å². The molecule has 1 N–H and O–H groups in total. The summed E-state index contributed by atoms with van der Waals surface area (Å²) in [6.45, 7) is 7.03. The van der Waals surface area contributed by atoms with Crippen molar-refractivity contribution in [2.45, 2.75) is 38.5 Å². The summed E-state index contributed by atoms with van der Waals surface area (Å²) in [5.74, 6) is 1.60. The fourth-order valence-electron chi connectivity index (χ4n) is 3.73. The van der Waals surface area contributed by atoms with Gasteiger partial charge in [-0.3, -0.25) is 0 Å². The molecular formula is C18H27NO2. The lowest BCUT2D eigenvalue weighted by atomic mass is 9.74. The van der Waals surface area contributed by atoms with Crippen molar-refractivity contribution in [1.82, 2.24) is 5.32 Å². The zero-order valence-electron chi connectivity index (χ0n) is 13.1. The second-order valence-corrected chi connectivity index (χ2v) is 6.58. The number of rotatable bonds is 6. The molecule has 1 aromatic carbocycles. The molecule has 0 spiro atoms. The Hall–Kier alpha value is -1.06. The summed E-state index contributed by atoms with van der Waals surface area (Å²) in [6, 6.07) is 8.50. The summed E-state index contributed by atoms with van der Waals surface area (Å²) in [5.41, 5.74) is 1.66. The summed E-state index contributed by atoms with van der Waals surface area (Å²) < 4.78 is 11.7. The van der Waals surface area contributed by atoms with Crippen molar-refractivity contribution in [2.24, 2.45) is 5.41 Å². The SMILES string of the molecule is CCCNCC1(CC2COc3ccccc32)CCCOC1. The van der Waals surface area contributed by atoms with Gasteiger partial charge in [0, 0.05) is 30.0 Å². The number of ether oxygens (including phenoxy) is 2. The zero-order valence-corrected chi connectivity index (χ0v) is 13.1. The van der Waals surface area contributed by atoms with Gasteiger partial charge < -0.3 is 14.8 Å². The highest BCUT2D eigenvalue weighted by molar-refractivity contribution is 5.39. The van der Waals surface area contributed by atoms with Crippen LogP contribution in [0.1, 0.15) is 44.1 Å². The minimum atomic E-state index is 0.277. The first-order valence-electron chi connectivity index (χ1n) is 8.33. The van der Waals surface area contributed by atoms with Crippen LogP contribution in [0.5, 0.6) is 5.75 Å². The number of benzene rings is 1. The van der Waals surface area contributed by atoms with E-state index in [1.807, 2.05) is 0 Å². The number of hydrogen-bond donors (Lipinski definition) is 1. The molecule has 0 radical (unpaired) electrons. The highest BCUT2D eigenvalue weighted by atomic mass is 16.5. The van der Waals surface area contributed by atoms with Gasteiger partial charge in [-0.15, -0.1) is 0 Å². The number of fused-ring (bicyclic) bond motifs is 1. The van der Waals surface area contributed by atoms with Crippen LogP contribution in [0.4, 0.5) is 0 Å². The van der Waals surface area contributed by atoms with Gasteiger partial charge in [-0.1, -0.05) is 25.1 Å². The van der Waals surface area contributed by atoms with Crippen LogP contribution in [0.15, 0.2) is 24.3 Å². The van der Waals surface area contributed by atoms with Crippen molar-refractivity contribution in [3.8, 4) is 5.75 Å². The molecule has 1 aromatic rings. The van der Waals surface area contributed by atoms with Crippen LogP contribution in [-0.4, -0.2) is 32.9 Å². The third kappa shape index (κ3) is 3.41. The molecule has 0 saturated carbocycles. The van der Waals surface area contributed by atoms with Crippen LogP contribution >= 0.6 is 0 Å². The topological polar surface area (TPSA) is 30.5 Å². The highest BCUT2D eigenvalue weighted by Crippen LogP contribution is 2.43. The standard InChI is InChI=1S/C18H27NO2/c1-2-9-19-13-18(8-5-10-20-14-18)11-15-12-21-17-7-4-3-6-16(15)17/h3-4,6-7,15,19H,2,5,8-14H2,1H3. The van der Waals surface area contributed by atoms with Crippen LogP contribution < -0.4 is 10.1 Å². The van der Waals surface area contributed by atoms with E-state index in [9.17, 15) is 0 Å². The molecule has 1 fully saturated rings. The van der Waals surface area contributed by atoms with E-state index in [-0.39, 0.29) is 5.41 Å². The fourth-order valence-corrected chi connectivity index (χ4v) is 3.73. The lowest BCUT2D eigenvalue weighted by Gasteiger charge is -2.39. The molecule has 2 atom stereocenters. The van der Waals surface area contributed by atoms with E-state index in [4.69, 9.17) is 9.47 Å². The molecule has 0 aliphatic carbocycles. The largest absolute Gasteiger partial charge is 0.493 e. The molecule has 3 rings (SSSR count). The first-order valence-corrected chi connectivity index (χ1v) is 8.33. The molecule has 0 aromatic heterocycles. The Morgan fingerprint density at radius 3 is 3.05 bits per heavy atom. The first-order chi connectivity index (χ1) is 10.3. The summed E-state index contributed by atoms with van der Waals surface area (Å²) in [5, 5.41) is 3.62. The molecule has 0 amide bonds. The van der Waals surface area contributed by atoms with E-state index in [1.54, 1.807) is 0 Å². The minimum Gasteiger partial charge on any atom is -0.493 e. The lowest BCUT2D eigenvalue weighted by molar-refractivity contribution is -0.0164. The summed E-state index contributed by atoms with van der Waals surface area (Å²) in [4.78, 5) is 0. The molecule has 1 saturated heterocycles. The molecule has 2 aliphatic rings. The summed E-state index contributed by atoms with van der Waals surface area (Å²) >= 11 is 0. The van der Waals surface area contributed by atoms with E-state index in [1.165, 1.54) is 31.2 Å².